The predicted molar refractivity (Wildman–Crippen MR) is 90.7 cm³/mol. The van der Waals surface area contributed by atoms with Crippen LogP contribution < -0.4 is 5.32 Å². The monoisotopic (exact) mass is 317 g/mol. The number of aromatic nitrogens is 2. The second-order valence-corrected chi connectivity index (χ2v) is 6.83. The Labute approximate surface area is 136 Å². The maximum absolute atomic E-state index is 12.1. The lowest BCUT2D eigenvalue weighted by molar-refractivity contribution is -0.121. The first-order valence-electron chi connectivity index (χ1n) is 7.69. The number of carbonyl (C=O) groups excluding carboxylic acids is 1. The van der Waals surface area contributed by atoms with Crippen LogP contribution in [-0.4, -0.2) is 21.9 Å². The molecule has 0 aliphatic heterocycles. The van der Waals surface area contributed by atoms with E-state index in [1.165, 1.54) is 11.3 Å². The molecule has 2 aromatic heterocycles. The summed E-state index contributed by atoms with van der Waals surface area (Å²) in [4.78, 5) is 20.8. The second kappa shape index (κ2) is 8.03. The van der Waals surface area contributed by atoms with Gasteiger partial charge in [-0.3, -0.25) is 9.78 Å². The smallest absolute Gasteiger partial charge is 0.226 e. The van der Waals surface area contributed by atoms with Gasteiger partial charge < -0.3 is 5.32 Å². The Morgan fingerprint density at radius 1 is 1.27 bits per heavy atom. The number of nitrogens with one attached hydrogen (secondary N) is 1. The summed E-state index contributed by atoms with van der Waals surface area (Å²) in [5.41, 5.74) is 1.66. The molecule has 0 saturated heterocycles. The van der Waals surface area contributed by atoms with Crippen LogP contribution in [-0.2, 0) is 11.2 Å². The Kier molecular flexibility index (Phi) is 6.07. The third-order valence-electron chi connectivity index (χ3n) is 3.36. The van der Waals surface area contributed by atoms with E-state index in [1.54, 1.807) is 6.20 Å². The minimum Gasteiger partial charge on any atom is -0.353 e. The Balaban J connectivity index is 1.86. The fourth-order valence-electron chi connectivity index (χ4n) is 2.14. The van der Waals surface area contributed by atoms with Crippen molar-refractivity contribution in [1.29, 1.82) is 0 Å². The number of nitrogens with zero attached hydrogens (tertiary/aromatic N) is 2. The fourth-order valence-corrected chi connectivity index (χ4v) is 2.94. The maximum Gasteiger partial charge on any atom is 0.226 e. The molecule has 0 unspecified atom stereocenters. The SMILES string of the molecule is CC(C)CC[C@H](C)NC(=O)Cc1csc(-c2ccccn2)n1. The fraction of sp³-hybridized carbons (Fsp3) is 0.471. The van der Waals surface area contributed by atoms with Crippen molar-refractivity contribution in [2.75, 3.05) is 0 Å². The summed E-state index contributed by atoms with van der Waals surface area (Å²) in [6.45, 7) is 6.45. The van der Waals surface area contributed by atoms with Crippen molar-refractivity contribution in [2.45, 2.75) is 46.1 Å². The molecule has 1 atom stereocenters. The number of pyridine rings is 1. The number of rotatable bonds is 7. The third kappa shape index (κ3) is 5.22. The second-order valence-electron chi connectivity index (χ2n) is 5.98. The van der Waals surface area contributed by atoms with Crippen molar-refractivity contribution in [3.8, 4) is 10.7 Å². The van der Waals surface area contributed by atoms with Gasteiger partial charge in [-0.05, 0) is 37.8 Å². The van der Waals surface area contributed by atoms with Gasteiger partial charge in [0.05, 0.1) is 17.8 Å². The van der Waals surface area contributed by atoms with E-state index in [0.717, 1.165) is 29.2 Å². The van der Waals surface area contributed by atoms with Gasteiger partial charge in [-0.1, -0.05) is 19.9 Å². The summed E-state index contributed by atoms with van der Waals surface area (Å²) < 4.78 is 0. The molecule has 5 heteroatoms. The third-order valence-corrected chi connectivity index (χ3v) is 4.28. The van der Waals surface area contributed by atoms with E-state index in [0.29, 0.717) is 12.3 Å². The predicted octanol–water partition coefficient (Wildman–Crippen LogP) is 3.69. The Morgan fingerprint density at radius 2 is 2.09 bits per heavy atom. The summed E-state index contributed by atoms with van der Waals surface area (Å²) in [6.07, 6.45) is 4.22. The molecule has 0 aliphatic rings. The van der Waals surface area contributed by atoms with Crippen LogP contribution in [0.1, 0.15) is 39.3 Å². The molecule has 0 aromatic carbocycles. The van der Waals surface area contributed by atoms with Gasteiger partial charge in [-0.2, -0.15) is 0 Å². The molecular formula is C17H23N3OS. The molecule has 22 heavy (non-hydrogen) atoms. The van der Waals surface area contributed by atoms with Crippen molar-refractivity contribution in [1.82, 2.24) is 15.3 Å². The standard InChI is InChI=1S/C17H23N3OS/c1-12(2)7-8-13(3)19-16(21)10-14-11-22-17(20-14)15-6-4-5-9-18-15/h4-6,9,11-13H,7-8,10H2,1-3H3,(H,19,21)/t13-/m0/s1. The van der Waals surface area contributed by atoms with Crippen LogP contribution in [0.15, 0.2) is 29.8 Å². The highest BCUT2D eigenvalue weighted by Gasteiger charge is 2.12. The van der Waals surface area contributed by atoms with Gasteiger partial charge in [-0.15, -0.1) is 11.3 Å². The first-order chi connectivity index (χ1) is 10.5. The largest absolute Gasteiger partial charge is 0.353 e. The molecule has 2 aromatic rings. The van der Waals surface area contributed by atoms with E-state index < -0.39 is 0 Å². The van der Waals surface area contributed by atoms with Crippen LogP contribution in [0, 0.1) is 5.92 Å². The lowest BCUT2D eigenvalue weighted by Crippen LogP contribution is -2.33. The topological polar surface area (TPSA) is 54.9 Å². The zero-order chi connectivity index (χ0) is 15.9. The van der Waals surface area contributed by atoms with Gasteiger partial charge in [0.25, 0.3) is 0 Å². The lowest BCUT2D eigenvalue weighted by atomic mass is 10.0. The van der Waals surface area contributed by atoms with Crippen LogP contribution in [0.25, 0.3) is 10.7 Å². The average molecular weight is 317 g/mol. The van der Waals surface area contributed by atoms with Crippen molar-refractivity contribution >= 4 is 17.2 Å². The van der Waals surface area contributed by atoms with Crippen LogP contribution in [0.2, 0.25) is 0 Å². The van der Waals surface area contributed by atoms with E-state index in [2.05, 4.69) is 36.1 Å². The van der Waals surface area contributed by atoms with Crippen molar-refractivity contribution < 1.29 is 4.79 Å². The van der Waals surface area contributed by atoms with Crippen molar-refractivity contribution in [2.24, 2.45) is 5.92 Å². The van der Waals surface area contributed by atoms with Gasteiger partial charge in [0, 0.05) is 17.6 Å². The van der Waals surface area contributed by atoms with Gasteiger partial charge in [0.2, 0.25) is 5.91 Å². The normalized spacial score (nSPS) is 12.4. The summed E-state index contributed by atoms with van der Waals surface area (Å²) in [5, 5.41) is 5.83. The Hall–Kier alpha value is -1.75. The summed E-state index contributed by atoms with van der Waals surface area (Å²) in [7, 11) is 0. The first kappa shape index (κ1) is 16.6. The molecule has 2 rings (SSSR count). The Morgan fingerprint density at radius 3 is 2.77 bits per heavy atom. The van der Waals surface area contributed by atoms with E-state index in [-0.39, 0.29) is 11.9 Å². The van der Waals surface area contributed by atoms with Crippen LogP contribution in [0.5, 0.6) is 0 Å². The highest BCUT2D eigenvalue weighted by molar-refractivity contribution is 7.13. The van der Waals surface area contributed by atoms with E-state index in [1.807, 2.05) is 23.6 Å². The van der Waals surface area contributed by atoms with E-state index >= 15 is 0 Å². The molecule has 4 nitrogen and oxygen atoms in total. The molecule has 0 aliphatic carbocycles. The molecule has 0 radical (unpaired) electrons. The average Bonchev–Trinajstić information content (AvgIpc) is 2.94. The molecule has 0 saturated carbocycles. The highest BCUT2D eigenvalue weighted by Crippen LogP contribution is 2.21. The highest BCUT2D eigenvalue weighted by atomic mass is 32.1. The van der Waals surface area contributed by atoms with Crippen molar-refractivity contribution in [3.63, 3.8) is 0 Å². The van der Waals surface area contributed by atoms with Gasteiger partial charge in [0.1, 0.15) is 5.01 Å². The molecule has 118 valence electrons. The van der Waals surface area contributed by atoms with Gasteiger partial charge in [0.15, 0.2) is 0 Å². The number of amides is 1. The van der Waals surface area contributed by atoms with E-state index in [4.69, 9.17) is 0 Å². The van der Waals surface area contributed by atoms with Crippen molar-refractivity contribution in [3.05, 3.63) is 35.5 Å². The number of carbonyl (C=O) groups is 1. The van der Waals surface area contributed by atoms with Gasteiger partial charge >= 0.3 is 0 Å². The molecular weight excluding hydrogens is 294 g/mol. The molecule has 1 amide bonds. The maximum atomic E-state index is 12.1. The van der Waals surface area contributed by atoms with Crippen LogP contribution >= 0.6 is 11.3 Å². The van der Waals surface area contributed by atoms with Crippen LogP contribution in [0.3, 0.4) is 0 Å². The molecule has 2 heterocycles. The minimum absolute atomic E-state index is 0.0362. The number of hydrogen-bond acceptors (Lipinski definition) is 4. The summed E-state index contributed by atoms with van der Waals surface area (Å²) in [5.74, 6) is 0.702. The lowest BCUT2D eigenvalue weighted by Gasteiger charge is -2.14. The number of thiazole rings is 1. The zero-order valence-corrected chi connectivity index (χ0v) is 14.2. The molecule has 1 N–H and O–H groups in total. The van der Waals surface area contributed by atoms with Gasteiger partial charge in [-0.25, -0.2) is 4.98 Å². The first-order valence-corrected chi connectivity index (χ1v) is 8.57. The number of hydrogen-bond donors (Lipinski definition) is 1. The Bertz CT molecular complexity index is 595. The molecule has 0 bridgehead atoms. The summed E-state index contributed by atoms with van der Waals surface area (Å²) in [6, 6.07) is 5.96. The van der Waals surface area contributed by atoms with E-state index in [9.17, 15) is 4.79 Å². The molecule has 0 spiro atoms. The molecule has 0 fully saturated rings. The summed E-state index contributed by atoms with van der Waals surface area (Å²) >= 11 is 1.52. The quantitative estimate of drug-likeness (QED) is 0.847. The zero-order valence-electron chi connectivity index (χ0n) is 13.4. The minimum atomic E-state index is 0.0362. The van der Waals surface area contributed by atoms with Crippen LogP contribution in [0.4, 0.5) is 0 Å².